The summed E-state index contributed by atoms with van der Waals surface area (Å²) in [6, 6.07) is 82.8. The fourth-order valence-corrected chi connectivity index (χ4v) is 9.34. The van der Waals surface area contributed by atoms with E-state index in [1.807, 2.05) is 12.1 Å². The average molecular weight is 779 g/mol. The van der Waals surface area contributed by atoms with Crippen molar-refractivity contribution in [2.24, 2.45) is 0 Å². The molecule has 2 aromatic heterocycles. The highest BCUT2D eigenvalue weighted by molar-refractivity contribution is 6.11. The Morgan fingerprint density at radius 3 is 1.52 bits per heavy atom. The molecule has 12 aromatic rings. The van der Waals surface area contributed by atoms with Crippen molar-refractivity contribution in [1.82, 2.24) is 4.57 Å². The number of para-hydroxylation sites is 5. The van der Waals surface area contributed by atoms with Gasteiger partial charge in [-0.3, -0.25) is 0 Å². The quantitative estimate of drug-likeness (QED) is 0.161. The normalized spacial score (nSPS) is 11.6. The zero-order valence-electron chi connectivity index (χ0n) is 33.2. The van der Waals surface area contributed by atoms with Crippen molar-refractivity contribution < 1.29 is 4.42 Å². The van der Waals surface area contributed by atoms with Gasteiger partial charge in [-0.05, 0) is 93.2 Å². The van der Waals surface area contributed by atoms with Gasteiger partial charge in [-0.1, -0.05) is 176 Å². The van der Waals surface area contributed by atoms with Gasteiger partial charge in [0.1, 0.15) is 5.58 Å². The molecule has 10 aromatic carbocycles. The number of nitrogens with zero attached hydrogens (tertiary/aromatic N) is 2. The summed E-state index contributed by atoms with van der Waals surface area (Å²) in [5.41, 5.74) is 15.5. The van der Waals surface area contributed by atoms with Crippen molar-refractivity contribution in [3.05, 3.63) is 231 Å². The molecule has 0 atom stereocenters. The van der Waals surface area contributed by atoms with Crippen LogP contribution in [-0.2, 0) is 0 Å². The molecular formula is C58H38N2O. The third-order valence-corrected chi connectivity index (χ3v) is 12.2. The lowest BCUT2D eigenvalue weighted by Crippen LogP contribution is -2.10. The van der Waals surface area contributed by atoms with E-state index in [-0.39, 0.29) is 0 Å². The molecule has 0 radical (unpaired) electrons. The smallest absolute Gasteiger partial charge is 0.159 e. The van der Waals surface area contributed by atoms with E-state index in [1.54, 1.807) is 0 Å². The number of anilines is 3. The molecule has 0 bridgehead atoms. The maximum Gasteiger partial charge on any atom is 0.159 e. The van der Waals surface area contributed by atoms with Gasteiger partial charge in [0.15, 0.2) is 5.58 Å². The number of hydrogen-bond acceptors (Lipinski definition) is 2. The van der Waals surface area contributed by atoms with Crippen LogP contribution in [0.1, 0.15) is 0 Å². The Morgan fingerprint density at radius 2 is 0.803 bits per heavy atom. The van der Waals surface area contributed by atoms with Crippen LogP contribution in [0.25, 0.3) is 93.6 Å². The first-order valence-corrected chi connectivity index (χ1v) is 20.8. The molecule has 286 valence electrons. The Bertz CT molecular complexity index is 3520. The van der Waals surface area contributed by atoms with E-state index < -0.39 is 0 Å². The van der Waals surface area contributed by atoms with Gasteiger partial charge < -0.3 is 13.9 Å². The minimum atomic E-state index is 0.864. The number of fused-ring (bicyclic) bond motifs is 7. The fourth-order valence-electron chi connectivity index (χ4n) is 9.34. The number of hydrogen-bond donors (Lipinski definition) is 0. The van der Waals surface area contributed by atoms with Crippen LogP contribution in [0.15, 0.2) is 235 Å². The predicted octanol–water partition coefficient (Wildman–Crippen LogP) is 16.3. The van der Waals surface area contributed by atoms with Crippen molar-refractivity contribution in [2.75, 3.05) is 4.90 Å². The van der Waals surface area contributed by atoms with Gasteiger partial charge in [0, 0.05) is 38.5 Å². The molecule has 3 heteroatoms. The first kappa shape index (κ1) is 34.9. The molecule has 0 saturated heterocycles. The highest BCUT2D eigenvalue weighted by Crippen LogP contribution is 2.44. The number of aromatic nitrogens is 1. The predicted molar refractivity (Wildman–Crippen MR) is 257 cm³/mol. The molecule has 0 amide bonds. The minimum Gasteiger partial charge on any atom is -0.454 e. The van der Waals surface area contributed by atoms with E-state index in [0.717, 1.165) is 50.1 Å². The third kappa shape index (κ3) is 5.82. The van der Waals surface area contributed by atoms with E-state index in [0.29, 0.717) is 0 Å². The van der Waals surface area contributed by atoms with Crippen LogP contribution in [0.3, 0.4) is 0 Å². The van der Waals surface area contributed by atoms with Gasteiger partial charge in [0.25, 0.3) is 0 Å². The number of rotatable bonds is 7. The topological polar surface area (TPSA) is 21.3 Å². The number of benzene rings is 10. The summed E-state index contributed by atoms with van der Waals surface area (Å²) in [7, 11) is 0. The lowest BCUT2D eigenvalue weighted by molar-refractivity contribution is 0.669. The summed E-state index contributed by atoms with van der Waals surface area (Å²) in [4.78, 5) is 2.32. The summed E-state index contributed by atoms with van der Waals surface area (Å²) < 4.78 is 9.02. The third-order valence-electron chi connectivity index (χ3n) is 12.2. The lowest BCUT2D eigenvalue weighted by atomic mass is 9.98. The molecule has 3 nitrogen and oxygen atoms in total. The van der Waals surface area contributed by atoms with Crippen molar-refractivity contribution >= 4 is 71.6 Å². The van der Waals surface area contributed by atoms with Crippen molar-refractivity contribution in [2.45, 2.75) is 0 Å². The summed E-state index contributed by atoms with van der Waals surface area (Å²) in [5, 5.41) is 7.22. The Hall–Kier alpha value is -8.14. The van der Waals surface area contributed by atoms with E-state index in [1.165, 1.54) is 60.5 Å². The van der Waals surface area contributed by atoms with Crippen LogP contribution < -0.4 is 4.90 Å². The highest BCUT2D eigenvalue weighted by Gasteiger charge is 2.20. The summed E-state index contributed by atoms with van der Waals surface area (Å²) in [5.74, 6) is 0. The van der Waals surface area contributed by atoms with Crippen LogP contribution in [0.4, 0.5) is 17.1 Å². The summed E-state index contributed by atoms with van der Waals surface area (Å²) >= 11 is 0. The van der Waals surface area contributed by atoms with E-state index >= 15 is 0 Å². The van der Waals surface area contributed by atoms with Crippen LogP contribution in [-0.4, -0.2) is 4.57 Å². The fraction of sp³-hybridized carbons (Fsp3) is 0. The number of furan rings is 1. The van der Waals surface area contributed by atoms with Crippen LogP contribution in [0.5, 0.6) is 0 Å². The second-order valence-electron chi connectivity index (χ2n) is 15.7. The standard InChI is InChI=1S/C58H38N2O/c1-2-15-46-41(13-1)14-11-20-47(46)42-33-37-45(38-34-42)59(56-25-12-21-52-51-19-6-10-26-57(51)61-58(52)56)44-35-31-40(32-36-44)39-27-29-43(30-28-39)48-16-3-7-22-53(48)60-54-23-8-4-17-49(54)50-18-5-9-24-55(50)60/h1-38H. The second-order valence-corrected chi connectivity index (χ2v) is 15.7. The van der Waals surface area contributed by atoms with E-state index in [4.69, 9.17) is 4.42 Å². The first-order chi connectivity index (χ1) is 30.3. The highest BCUT2D eigenvalue weighted by atomic mass is 16.3. The van der Waals surface area contributed by atoms with Gasteiger partial charge in [-0.25, -0.2) is 0 Å². The van der Waals surface area contributed by atoms with Gasteiger partial charge in [0.05, 0.1) is 22.4 Å². The molecule has 0 saturated carbocycles. The van der Waals surface area contributed by atoms with Crippen LogP contribution in [0, 0.1) is 0 Å². The molecule has 2 heterocycles. The van der Waals surface area contributed by atoms with E-state index in [2.05, 4.69) is 228 Å². The zero-order valence-corrected chi connectivity index (χ0v) is 33.2. The molecule has 0 spiro atoms. The van der Waals surface area contributed by atoms with Gasteiger partial charge in [0.2, 0.25) is 0 Å². The van der Waals surface area contributed by atoms with Crippen molar-refractivity contribution in [3.8, 4) is 39.1 Å². The molecule has 0 aliphatic rings. The van der Waals surface area contributed by atoms with Gasteiger partial charge in [-0.2, -0.15) is 0 Å². The van der Waals surface area contributed by atoms with Gasteiger partial charge >= 0.3 is 0 Å². The molecular weight excluding hydrogens is 741 g/mol. The summed E-state index contributed by atoms with van der Waals surface area (Å²) in [6.07, 6.45) is 0. The molecule has 0 aliphatic heterocycles. The Labute approximate surface area is 353 Å². The molecule has 0 unspecified atom stereocenters. The summed E-state index contributed by atoms with van der Waals surface area (Å²) in [6.45, 7) is 0. The monoisotopic (exact) mass is 778 g/mol. The van der Waals surface area contributed by atoms with Crippen molar-refractivity contribution in [3.63, 3.8) is 0 Å². The Kier molecular flexibility index (Phi) is 8.17. The van der Waals surface area contributed by atoms with E-state index in [9.17, 15) is 0 Å². The molecule has 0 N–H and O–H groups in total. The van der Waals surface area contributed by atoms with Crippen molar-refractivity contribution in [1.29, 1.82) is 0 Å². The second kappa shape index (κ2) is 14.3. The molecule has 61 heavy (non-hydrogen) atoms. The maximum atomic E-state index is 6.62. The minimum absolute atomic E-state index is 0.864. The molecule has 12 rings (SSSR count). The maximum absolute atomic E-state index is 6.62. The largest absolute Gasteiger partial charge is 0.454 e. The molecule has 0 aliphatic carbocycles. The van der Waals surface area contributed by atoms with Crippen LogP contribution >= 0.6 is 0 Å². The molecule has 0 fully saturated rings. The first-order valence-electron chi connectivity index (χ1n) is 20.8. The van der Waals surface area contributed by atoms with Crippen LogP contribution in [0.2, 0.25) is 0 Å². The average Bonchev–Trinajstić information content (AvgIpc) is 3.89. The van der Waals surface area contributed by atoms with Gasteiger partial charge in [-0.15, -0.1) is 0 Å². The lowest BCUT2D eigenvalue weighted by Gasteiger charge is -2.26. The Morgan fingerprint density at radius 1 is 0.328 bits per heavy atom. The Balaban J connectivity index is 0.920. The zero-order chi connectivity index (χ0) is 40.3. The SMILES string of the molecule is c1ccc(-n2c3ccccc3c3ccccc32)c(-c2ccc(-c3ccc(N(c4ccc(-c5cccc6ccccc56)cc4)c4cccc5c4oc4ccccc45)cc3)cc2)c1.